The summed E-state index contributed by atoms with van der Waals surface area (Å²) < 4.78 is 0. The van der Waals surface area contributed by atoms with Gasteiger partial charge in [-0.25, -0.2) is 4.98 Å². The number of nitrogens with one attached hydrogen (secondary N) is 3. The van der Waals surface area contributed by atoms with Crippen LogP contribution in [0.2, 0.25) is 0 Å². The summed E-state index contributed by atoms with van der Waals surface area (Å²) >= 11 is 0. The Morgan fingerprint density at radius 3 is 2.93 bits per heavy atom. The van der Waals surface area contributed by atoms with Crippen molar-refractivity contribution in [1.82, 2.24) is 20.6 Å². The highest BCUT2D eigenvalue weighted by Crippen LogP contribution is 2.10. The lowest BCUT2D eigenvalue weighted by Gasteiger charge is -2.26. The Bertz CT molecular complexity index is 251. The number of hydrogen-bond donors (Lipinski definition) is 3. The first-order valence-corrected chi connectivity index (χ1v) is 5.32. The van der Waals surface area contributed by atoms with Crippen molar-refractivity contribution in [2.24, 2.45) is 0 Å². The molecule has 78 valence electrons. The molecule has 14 heavy (non-hydrogen) atoms. The highest BCUT2D eigenvalue weighted by atomic mass is 15.0. The van der Waals surface area contributed by atoms with E-state index in [1.54, 1.807) is 6.20 Å². The third-order valence-electron chi connectivity index (χ3n) is 2.75. The van der Waals surface area contributed by atoms with Crippen LogP contribution in [0.15, 0.2) is 12.4 Å². The molecule has 0 spiro atoms. The molecule has 0 aliphatic carbocycles. The van der Waals surface area contributed by atoms with E-state index >= 15 is 0 Å². The maximum atomic E-state index is 4.25. The molecule has 0 saturated carbocycles. The standard InChI is InChI=1S/C10H18N4/c1-8(10-12-6-7-13-10)14-9-2-4-11-5-3-9/h6-9,11,14H,2-5H2,1H3,(H,12,13). The van der Waals surface area contributed by atoms with Crippen molar-refractivity contribution in [3.63, 3.8) is 0 Å². The molecule has 2 rings (SSSR count). The van der Waals surface area contributed by atoms with Gasteiger partial charge in [0.15, 0.2) is 0 Å². The molecule has 1 unspecified atom stereocenters. The highest BCUT2D eigenvalue weighted by molar-refractivity contribution is 4.94. The van der Waals surface area contributed by atoms with Crippen molar-refractivity contribution in [3.8, 4) is 0 Å². The van der Waals surface area contributed by atoms with Crippen LogP contribution >= 0.6 is 0 Å². The quantitative estimate of drug-likeness (QED) is 0.667. The minimum Gasteiger partial charge on any atom is -0.347 e. The number of piperidine rings is 1. The minimum atomic E-state index is 0.327. The average molecular weight is 194 g/mol. The number of aromatic amines is 1. The second-order valence-electron chi connectivity index (χ2n) is 3.89. The second kappa shape index (κ2) is 4.57. The number of aromatic nitrogens is 2. The van der Waals surface area contributed by atoms with Crippen LogP contribution in [-0.4, -0.2) is 29.1 Å². The van der Waals surface area contributed by atoms with Crippen LogP contribution in [0.3, 0.4) is 0 Å². The van der Waals surface area contributed by atoms with Gasteiger partial charge in [-0.05, 0) is 32.9 Å². The van der Waals surface area contributed by atoms with Crippen molar-refractivity contribution in [2.45, 2.75) is 31.8 Å². The number of H-pyrrole nitrogens is 1. The lowest BCUT2D eigenvalue weighted by Crippen LogP contribution is -2.41. The van der Waals surface area contributed by atoms with Crippen LogP contribution < -0.4 is 10.6 Å². The van der Waals surface area contributed by atoms with E-state index in [0.29, 0.717) is 12.1 Å². The molecule has 0 amide bonds. The topological polar surface area (TPSA) is 52.7 Å². The Kier molecular flexibility index (Phi) is 3.16. The number of imidazole rings is 1. The number of hydrogen-bond acceptors (Lipinski definition) is 3. The molecular weight excluding hydrogens is 176 g/mol. The molecule has 1 aromatic heterocycles. The lowest BCUT2D eigenvalue weighted by molar-refractivity contribution is 0.354. The van der Waals surface area contributed by atoms with E-state index < -0.39 is 0 Å². The van der Waals surface area contributed by atoms with Gasteiger partial charge in [0.25, 0.3) is 0 Å². The molecule has 0 aromatic carbocycles. The van der Waals surface area contributed by atoms with Crippen molar-refractivity contribution in [1.29, 1.82) is 0 Å². The molecular formula is C10H18N4. The van der Waals surface area contributed by atoms with Crippen LogP contribution in [-0.2, 0) is 0 Å². The van der Waals surface area contributed by atoms with Gasteiger partial charge in [0, 0.05) is 18.4 Å². The van der Waals surface area contributed by atoms with E-state index in [2.05, 4.69) is 27.5 Å². The monoisotopic (exact) mass is 194 g/mol. The van der Waals surface area contributed by atoms with Crippen LogP contribution in [0.1, 0.15) is 31.6 Å². The summed E-state index contributed by atoms with van der Waals surface area (Å²) in [5.41, 5.74) is 0. The Hall–Kier alpha value is -0.870. The lowest BCUT2D eigenvalue weighted by atomic mass is 10.1. The third kappa shape index (κ3) is 2.33. The summed E-state index contributed by atoms with van der Waals surface area (Å²) in [6.45, 7) is 4.41. The fourth-order valence-electron chi connectivity index (χ4n) is 1.94. The average Bonchev–Trinajstić information content (AvgIpc) is 2.72. The molecule has 1 fully saturated rings. The van der Waals surface area contributed by atoms with Gasteiger partial charge in [0.1, 0.15) is 5.82 Å². The fraction of sp³-hybridized carbons (Fsp3) is 0.700. The van der Waals surface area contributed by atoms with Gasteiger partial charge in [0.05, 0.1) is 6.04 Å². The SMILES string of the molecule is CC(NC1CCNCC1)c1ncc[nH]1. The van der Waals surface area contributed by atoms with E-state index in [0.717, 1.165) is 18.9 Å². The molecule has 1 aromatic rings. The van der Waals surface area contributed by atoms with Crippen molar-refractivity contribution in [2.75, 3.05) is 13.1 Å². The summed E-state index contributed by atoms with van der Waals surface area (Å²) in [4.78, 5) is 7.39. The molecule has 1 aliphatic rings. The zero-order valence-electron chi connectivity index (χ0n) is 8.59. The zero-order chi connectivity index (χ0) is 9.80. The summed E-state index contributed by atoms with van der Waals surface area (Å²) in [5, 5.41) is 6.95. The van der Waals surface area contributed by atoms with E-state index in [-0.39, 0.29) is 0 Å². The number of rotatable bonds is 3. The van der Waals surface area contributed by atoms with E-state index in [1.165, 1.54) is 12.8 Å². The number of nitrogens with zero attached hydrogens (tertiary/aromatic N) is 1. The van der Waals surface area contributed by atoms with E-state index in [4.69, 9.17) is 0 Å². The highest BCUT2D eigenvalue weighted by Gasteiger charge is 2.16. The van der Waals surface area contributed by atoms with Gasteiger partial charge in [0.2, 0.25) is 0 Å². The first kappa shape index (κ1) is 9.68. The normalized spacial score (nSPS) is 20.9. The summed E-state index contributed by atoms with van der Waals surface area (Å²) in [6.07, 6.45) is 6.10. The first-order chi connectivity index (χ1) is 6.86. The minimum absolute atomic E-state index is 0.327. The van der Waals surface area contributed by atoms with Gasteiger partial charge >= 0.3 is 0 Å². The first-order valence-electron chi connectivity index (χ1n) is 5.32. The summed E-state index contributed by atoms with van der Waals surface area (Å²) in [5.74, 6) is 1.03. The molecule has 3 N–H and O–H groups in total. The predicted octanol–water partition coefficient (Wildman–Crippen LogP) is 0.812. The summed E-state index contributed by atoms with van der Waals surface area (Å²) in [6, 6.07) is 0.962. The zero-order valence-corrected chi connectivity index (χ0v) is 8.59. The largest absolute Gasteiger partial charge is 0.347 e. The van der Waals surface area contributed by atoms with Crippen molar-refractivity contribution in [3.05, 3.63) is 18.2 Å². The Morgan fingerprint density at radius 1 is 1.50 bits per heavy atom. The molecule has 1 saturated heterocycles. The molecule has 0 bridgehead atoms. The molecule has 0 radical (unpaired) electrons. The predicted molar refractivity (Wildman–Crippen MR) is 56.0 cm³/mol. The Morgan fingerprint density at radius 2 is 2.29 bits per heavy atom. The Labute approximate surface area is 84.5 Å². The molecule has 4 heteroatoms. The van der Waals surface area contributed by atoms with Crippen LogP contribution in [0.4, 0.5) is 0 Å². The molecule has 1 atom stereocenters. The Balaban J connectivity index is 1.84. The van der Waals surface area contributed by atoms with Crippen molar-refractivity contribution < 1.29 is 0 Å². The van der Waals surface area contributed by atoms with Crippen LogP contribution in [0.5, 0.6) is 0 Å². The van der Waals surface area contributed by atoms with E-state index in [1.807, 2.05) is 6.20 Å². The smallest absolute Gasteiger partial charge is 0.122 e. The maximum absolute atomic E-state index is 4.25. The van der Waals surface area contributed by atoms with Gasteiger partial charge in [-0.1, -0.05) is 0 Å². The second-order valence-corrected chi connectivity index (χ2v) is 3.89. The summed E-state index contributed by atoms with van der Waals surface area (Å²) in [7, 11) is 0. The fourth-order valence-corrected chi connectivity index (χ4v) is 1.94. The third-order valence-corrected chi connectivity index (χ3v) is 2.75. The van der Waals surface area contributed by atoms with Gasteiger partial charge in [-0.2, -0.15) is 0 Å². The molecule has 2 heterocycles. The van der Waals surface area contributed by atoms with Crippen LogP contribution in [0.25, 0.3) is 0 Å². The van der Waals surface area contributed by atoms with Gasteiger partial charge in [-0.15, -0.1) is 0 Å². The van der Waals surface area contributed by atoms with Crippen LogP contribution in [0, 0.1) is 0 Å². The maximum Gasteiger partial charge on any atom is 0.122 e. The molecule has 4 nitrogen and oxygen atoms in total. The molecule has 1 aliphatic heterocycles. The van der Waals surface area contributed by atoms with E-state index in [9.17, 15) is 0 Å². The van der Waals surface area contributed by atoms with Gasteiger partial charge < -0.3 is 15.6 Å². The van der Waals surface area contributed by atoms with Crippen molar-refractivity contribution >= 4 is 0 Å². The van der Waals surface area contributed by atoms with Gasteiger partial charge in [-0.3, -0.25) is 0 Å².